The second-order valence-corrected chi connectivity index (χ2v) is 8.45. The van der Waals surface area contributed by atoms with Crippen LogP contribution in [0.25, 0.3) is 11.3 Å². The number of aliphatic hydroxyl groups excluding tert-OH is 1. The average Bonchev–Trinajstić information content (AvgIpc) is 2.82. The number of pyridine rings is 2. The quantitative estimate of drug-likeness (QED) is 0.621. The predicted molar refractivity (Wildman–Crippen MR) is 121 cm³/mol. The second kappa shape index (κ2) is 9.61. The molecular formula is C25H25F2N5O. The first-order valence-corrected chi connectivity index (χ1v) is 10.8. The van der Waals surface area contributed by atoms with Gasteiger partial charge in [0.2, 0.25) is 0 Å². The molecule has 1 fully saturated rings. The van der Waals surface area contributed by atoms with Gasteiger partial charge in [0.1, 0.15) is 17.3 Å². The Morgan fingerprint density at radius 2 is 1.97 bits per heavy atom. The zero-order valence-electron chi connectivity index (χ0n) is 18.2. The van der Waals surface area contributed by atoms with Gasteiger partial charge < -0.3 is 15.7 Å². The molecule has 0 aliphatic carbocycles. The van der Waals surface area contributed by atoms with Gasteiger partial charge in [-0.2, -0.15) is 5.26 Å². The van der Waals surface area contributed by atoms with E-state index in [1.165, 1.54) is 24.3 Å². The highest BCUT2D eigenvalue weighted by Crippen LogP contribution is 2.29. The zero-order valence-corrected chi connectivity index (χ0v) is 18.2. The van der Waals surface area contributed by atoms with Gasteiger partial charge in [-0.15, -0.1) is 0 Å². The van der Waals surface area contributed by atoms with Gasteiger partial charge in [0.05, 0.1) is 23.3 Å². The molecule has 0 amide bonds. The fourth-order valence-electron chi connectivity index (χ4n) is 4.35. The third kappa shape index (κ3) is 4.70. The van der Waals surface area contributed by atoms with Crippen molar-refractivity contribution in [2.45, 2.75) is 31.9 Å². The lowest BCUT2D eigenvalue weighted by Gasteiger charge is -2.40. The van der Waals surface area contributed by atoms with Crippen LogP contribution in [0.4, 0.5) is 14.5 Å². The molecule has 0 bridgehead atoms. The Bertz CT molecular complexity index is 1180. The minimum Gasteiger partial charge on any atom is -0.391 e. The van der Waals surface area contributed by atoms with E-state index in [0.717, 1.165) is 11.3 Å². The number of anilines is 1. The van der Waals surface area contributed by atoms with E-state index >= 15 is 0 Å². The van der Waals surface area contributed by atoms with E-state index in [1.807, 2.05) is 19.1 Å². The molecule has 1 aliphatic heterocycles. The SMILES string of the molecule is C[C@H]1CN(c2ccncc2CCc2ccc(F)c(-c3c(F)cccc3C#N)n2)C[C@@H](N)[C@@H]1O. The number of nitriles is 1. The van der Waals surface area contributed by atoms with E-state index in [4.69, 9.17) is 5.73 Å². The molecule has 1 aliphatic rings. The van der Waals surface area contributed by atoms with Crippen molar-refractivity contribution < 1.29 is 13.9 Å². The van der Waals surface area contributed by atoms with E-state index < -0.39 is 17.7 Å². The Balaban J connectivity index is 1.59. The molecule has 2 aromatic heterocycles. The van der Waals surface area contributed by atoms with Crippen LogP contribution in [-0.2, 0) is 12.8 Å². The monoisotopic (exact) mass is 449 g/mol. The first-order valence-electron chi connectivity index (χ1n) is 10.8. The standard InChI is InChI=1S/C25H25F2N5O/c1-15-13-32(14-21(29)25(15)33)22-9-10-30-12-17(22)5-6-18-7-8-20(27)24(31-18)23-16(11-28)3-2-4-19(23)26/h2-4,7-10,12,15,21,25,33H,5-6,13-14,29H2,1H3/t15-,21+,25+/m0/s1. The molecule has 0 radical (unpaired) electrons. The highest BCUT2D eigenvalue weighted by atomic mass is 19.1. The number of rotatable bonds is 5. The summed E-state index contributed by atoms with van der Waals surface area (Å²) in [5, 5.41) is 19.5. The molecule has 8 heteroatoms. The molecule has 1 saturated heterocycles. The van der Waals surface area contributed by atoms with E-state index in [0.29, 0.717) is 31.6 Å². The fourth-order valence-corrected chi connectivity index (χ4v) is 4.35. The van der Waals surface area contributed by atoms with Crippen molar-refractivity contribution in [3.8, 4) is 17.3 Å². The predicted octanol–water partition coefficient (Wildman–Crippen LogP) is 3.22. The maximum atomic E-state index is 14.5. The van der Waals surface area contributed by atoms with Gasteiger partial charge in [0, 0.05) is 48.8 Å². The minimum atomic E-state index is -0.690. The molecule has 0 unspecified atom stereocenters. The summed E-state index contributed by atoms with van der Waals surface area (Å²) in [6, 6.07) is 10.3. The van der Waals surface area contributed by atoms with Crippen LogP contribution in [0.15, 0.2) is 48.8 Å². The summed E-state index contributed by atoms with van der Waals surface area (Å²) in [6.45, 7) is 3.18. The van der Waals surface area contributed by atoms with Gasteiger partial charge >= 0.3 is 0 Å². The van der Waals surface area contributed by atoms with Crippen molar-refractivity contribution in [3.63, 3.8) is 0 Å². The van der Waals surface area contributed by atoms with Crippen molar-refractivity contribution in [3.05, 3.63) is 77.2 Å². The molecule has 6 nitrogen and oxygen atoms in total. The maximum absolute atomic E-state index is 14.5. The number of aliphatic hydroxyl groups is 1. The first kappa shape index (κ1) is 22.8. The number of hydrogen-bond acceptors (Lipinski definition) is 6. The number of piperidine rings is 1. The Hall–Kier alpha value is -3.41. The van der Waals surface area contributed by atoms with Crippen LogP contribution in [-0.4, -0.2) is 40.3 Å². The Morgan fingerprint density at radius 1 is 1.15 bits per heavy atom. The first-order chi connectivity index (χ1) is 15.9. The summed E-state index contributed by atoms with van der Waals surface area (Å²) in [5.74, 6) is -1.34. The van der Waals surface area contributed by atoms with E-state index in [2.05, 4.69) is 14.9 Å². The van der Waals surface area contributed by atoms with Crippen molar-refractivity contribution in [2.24, 2.45) is 11.7 Å². The van der Waals surface area contributed by atoms with Crippen molar-refractivity contribution in [2.75, 3.05) is 18.0 Å². The molecule has 33 heavy (non-hydrogen) atoms. The number of aryl methyl sites for hydroxylation is 2. The molecule has 3 atom stereocenters. The lowest BCUT2D eigenvalue weighted by atomic mass is 9.92. The molecule has 170 valence electrons. The number of nitrogens with zero attached hydrogens (tertiary/aromatic N) is 4. The molecule has 0 saturated carbocycles. The van der Waals surface area contributed by atoms with E-state index in [9.17, 15) is 19.1 Å². The summed E-state index contributed by atoms with van der Waals surface area (Å²) < 4.78 is 29.0. The minimum absolute atomic E-state index is 0.0332. The number of halogens is 2. The van der Waals surface area contributed by atoms with Crippen LogP contribution in [0.2, 0.25) is 0 Å². The van der Waals surface area contributed by atoms with Crippen LogP contribution >= 0.6 is 0 Å². The van der Waals surface area contributed by atoms with Gasteiger partial charge in [-0.05, 0) is 48.7 Å². The fraction of sp³-hybridized carbons (Fsp3) is 0.320. The summed E-state index contributed by atoms with van der Waals surface area (Å²) in [6.07, 6.45) is 4.01. The van der Waals surface area contributed by atoms with Gasteiger partial charge in [-0.1, -0.05) is 13.0 Å². The molecule has 3 aromatic rings. The molecule has 0 spiro atoms. The number of hydrogen-bond donors (Lipinski definition) is 2. The highest BCUT2D eigenvalue weighted by molar-refractivity contribution is 5.68. The van der Waals surface area contributed by atoms with Crippen molar-refractivity contribution >= 4 is 5.69 Å². The Morgan fingerprint density at radius 3 is 2.73 bits per heavy atom. The average molecular weight is 450 g/mol. The van der Waals surface area contributed by atoms with Gasteiger partial charge in [0.15, 0.2) is 0 Å². The zero-order chi connectivity index (χ0) is 23.5. The van der Waals surface area contributed by atoms with Gasteiger partial charge in [0.25, 0.3) is 0 Å². The summed E-state index contributed by atoms with van der Waals surface area (Å²) in [5.41, 5.74) is 8.40. The second-order valence-electron chi connectivity index (χ2n) is 8.45. The molecule has 3 heterocycles. The van der Waals surface area contributed by atoms with Gasteiger partial charge in [-0.3, -0.25) is 4.98 Å². The topological polar surface area (TPSA) is 99.1 Å². The van der Waals surface area contributed by atoms with Gasteiger partial charge in [-0.25, -0.2) is 13.8 Å². The molecule has 4 rings (SSSR count). The smallest absolute Gasteiger partial charge is 0.149 e. The molecular weight excluding hydrogens is 424 g/mol. The Kier molecular flexibility index (Phi) is 6.63. The van der Waals surface area contributed by atoms with Crippen LogP contribution in [0, 0.1) is 28.9 Å². The molecule has 3 N–H and O–H groups in total. The van der Waals surface area contributed by atoms with Crippen LogP contribution in [0.5, 0.6) is 0 Å². The summed E-state index contributed by atoms with van der Waals surface area (Å²) in [7, 11) is 0. The third-order valence-corrected chi connectivity index (χ3v) is 6.10. The number of nitrogens with two attached hydrogens (primary N) is 1. The maximum Gasteiger partial charge on any atom is 0.149 e. The highest BCUT2D eigenvalue weighted by Gasteiger charge is 2.31. The lowest BCUT2D eigenvalue weighted by Crippen LogP contribution is -2.55. The third-order valence-electron chi connectivity index (χ3n) is 6.10. The number of benzene rings is 1. The Labute approximate surface area is 191 Å². The largest absolute Gasteiger partial charge is 0.391 e. The van der Waals surface area contributed by atoms with E-state index in [-0.39, 0.29) is 28.8 Å². The number of aromatic nitrogens is 2. The van der Waals surface area contributed by atoms with Crippen LogP contribution in [0.1, 0.15) is 23.7 Å². The van der Waals surface area contributed by atoms with Crippen molar-refractivity contribution in [1.82, 2.24) is 9.97 Å². The summed E-state index contributed by atoms with van der Waals surface area (Å²) >= 11 is 0. The van der Waals surface area contributed by atoms with E-state index in [1.54, 1.807) is 18.5 Å². The van der Waals surface area contributed by atoms with Crippen molar-refractivity contribution in [1.29, 1.82) is 5.26 Å². The van der Waals surface area contributed by atoms with Crippen LogP contribution < -0.4 is 10.6 Å². The summed E-state index contributed by atoms with van der Waals surface area (Å²) in [4.78, 5) is 10.7. The lowest BCUT2D eigenvalue weighted by molar-refractivity contribution is 0.0784. The molecule has 1 aromatic carbocycles. The normalized spacial score (nSPS) is 20.5. The van der Waals surface area contributed by atoms with Crippen LogP contribution in [0.3, 0.4) is 0 Å².